The third-order valence-electron chi connectivity index (χ3n) is 2.43. The van der Waals surface area contributed by atoms with E-state index in [0.29, 0.717) is 5.69 Å². The maximum Gasteiger partial charge on any atom is 0.175 e. The summed E-state index contributed by atoms with van der Waals surface area (Å²) in [5.41, 5.74) is -0.185. The molecule has 0 aliphatic heterocycles. The average molecular weight is 259 g/mol. The van der Waals surface area contributed by atoms with Gasteiger partial charge in [-0.05, 0) is 31.2 Å². The molecule has 0 aromatic heterocycles. The topological polar surface area (TPSA) is 86.6 Å². The van der Waals surface area contributed by atoms with Crippen molar-refractivity contribution in [1.82, 2.24) is 0 Å². The number of hydrogen-bond acceptors (Lipinski definition) is 5. The Morgan fingerprint density at radius 1 is 1.18 bits per heavy atom. The van der Waals surface area contributed by atoms with Gasteiger partial charge in [0.05, 0.1) is 23.6 Å². The number of aliphatic hydroxyl groups is 2. The van der Waals surface area contributed by atoms with Crippen molar-refractivity contribution < 1.29 is 18.6 Å². The van der Waals surface area contributed by atoms with Crippen LogP contribution in [-0.2, 0) is 9.84 Å². The summed E-state index contributed by atoms with van der Waals surface area (Å²) < 4.78 is 22.5. The molecule has 0 saturated carbocycles. The van der Waals surface area contributed by atoms with Crippen molar-refractivity contribution in [2.45, 2.75) is 17.4 Å². The summed E-state index contributed by atoms with van der Waals surface area (Å²) in [4.78, 5) is 0.234. The molecule has 0 atom stereocenters. The van der Waals surface area contributed by atoms with Gasteiger partial charge in [-0.3, -0.25) is 0 Å². The van der Waals surface area contributed by atoms with Crippen LogP contribution in [-0.4, -0.2) is 43.6 Å². The molecule has 3 N–H and O–H groups in total. The number of rotatable bonds is 5. The van der Waals surface area contributed by atoms with Crippen LogP contribution in [0.3, 0.4) is 0 Å². The molecule has 17 heavy (non-hydrogen) atoms. The Bertz CT molecular complexity index is 463. The van der Waals surface area contributed by atoms with Gasteiger partial charge in [0, 0.05) is 11.9 Å². The zero-order valence-corrected chi connectivity index (χ0v) is 10.7. The number of anilines is 1. The predicted molar refractivity (Wildman–Crippen MR) is 65.8 cm³/mol. The zero-order valence-electron chi connectivity index (χ0n) is 9.84. The van der Waals surface area contributed by atoms with Gasteiger partial charge < -0.3 is 15.5 Å². The first-order valence-electron chi connectivity index (χ1n) is 5.11. The summed E-state index contributed by atoms with van der Waals surface area (Å²) in [5.74, 6) is 0. The molecule has 0 radical (unpaired) electrons. The molecule has 0 amide bonds. The van der Waals surface area contributed by atoms with Gasteiger partial charge in [-0.1, -0.05) is 0 Å². The van der Waals surface area contributed by atoms with Gasteiger partial charge in [-0.2, -0.15) is 0 Å². The minimum atomic E-state index is -3.20. The lowest BCUT2D eigenvalue weighted by Gasteiger charge is -2.27. The highest BCUT2D eigenvalue weighted by molar-refractivity contribution is 7.90. The van der Waals surface area contributed by atoms with Gasteiger partial charge >= 0.3 is 0 Å². The lowest BCUT2D eigenvalue weighted by molar-refractivity contribution is 0.147. The summed E-state index contributed by atoms with van der Waals surface area (Å²) in [6.07, 6.45) is 1.14. The molecule has 1 rings (SSSR count). The number of hydrogen-bond donors (Lipinski definition) is 3. The van der Waals surface area contributed by atoms with Crippen LogP contribution in [0.2, 0.25) is 0 Å². The second-order valence-electron chi connectivity index (χ2n) is 4.30. The Morgan fingerprint density at radius 3 is 2.00 bits per heavy atom. The van der Waals surface area contributed by atoms with E-state index < -0.39 is 15.4 Å². The monoisotopic (exact) mass is 259 g/mol. The maximum atomic E-state index is 11.2. The Morgan fingerprint density at radius 2 is 1.65 bits per heavy atom. The highest BCUT2D eigenvalue weighted by Crippen LogP contribution is 2.17. The fourth-order valence-corrected chi connectivity index (χ4v) is 1.89. The van der Waals surface area contributed by atoms with Gasteiger partial charge in [-0.15, -0.1) is 0 Å². The third kappa shape index (κ3) is 3.69. The molecule has 5 nitrogen and oxygen atoms in total. The largest absolute Gasteiger partial charge is 0.394 e. The van der Waals surface area contributed by atoms with Crippen molar-refractivity contribution in [3.8, 4) is 0 Å². The molecule has 0 aliphatic rings. The molecule has 1 aromatic carbocycles. The van der Waals surface area contributed by atoms with Gasteiger partial charge in [0.25, 0.3) is 0 Å². The van der Waals surface area contributed by atoms with E-state index in [0.717, 1.165) is 6.26 Å². The Balaban J connectivity index is 2.89. The van der Waals surface area contributed by atoms with E-state index in [2.05, 4.69) is 5.32 Å². The molecule has 0 saturated heterocycles. The third-order valence-corrected chi connectivity index (χ3v) is 3.56. The van der Waals surface area contributed by atoms with Crippen LogP contribution >= 0.6 is 0 Å². The van der Waals surface area contributed by atoms with Crippen molar-refractivity contribution in [3.63, 3.8) is 0 Å². The molecule has 0 aliphatic carbocycles. The molecular weight excluding hydrogens is 242 g/mol. The first-order chi connectivity index (χ1) is 7.80. The molecule has 0 spiro atoms. The van der Waals surface area contributed by atoms with Gasteiger partial charge in [0.2, 0.25) is 0 Å². The number of sulfone groups is 1. The number of benzene rings is 1. The first kappa shape index (κ1) is 14.0. The van der Waals surface area contributed by atoms with Crippen LogP contribution in [0.15, 0.2) is 29.2 Å². The van der Waals surface area contributed by atoms with Crippen LogP contribution in [0.5, 0.6) is 0 Å². The number of aliphatic hydroxyl groups excluding tert-OH is 2. The molecule has 0 heterocycles. The van der Waals surface area contributed by atoms with Crippen LogP contribution in [0, 0.1) is 0 Å². The lowest BCUT2D eigenvalue weighted by Crippen LogP contribution is -2.42. The van der Waals surface area contributed by atoms with E-state index in [1.807, 2.05) is 0 Å². The van der Waals surface area contributed by atoms with E-state index in [1.165, 1.54) is 12.1 Å². The lowest BCUT2D eigenvalue weighted by atomic mass is 10.1. The summed E-state index contributed by atoms with van der Waals surface area (Å²) in [7, 11) is -3.20. The summed E-state index contributed by atoms with van der Waals surface area (Å²) >= 11 is 0. The van der Waals surface area contributed by atoms with E-state index in [9.17, 15) is 8.42 Å². The first-order valence-corrected chi connectivity index (χ1v) is 7.00. The van der Waals surface area contributed by atoms with Crippen molar-refractivity contribution >= 4 is 15.5 Å². The van der Waals surface area contributed by atoms with Crippen LogP contribution < -0.4 is 5.32 Å². The van der Waals surface area contributed by atoms with Gasteiger partial charge in [-0.25, -0.2) is 8.42 Å². The quantitative estimate of drug-likeness (QED) is 0.705. The molecule has 6 heteroatoms. The maximum absolute atomic E-state index is 11.2. The van der Waals surface area contributed by atoms with E-state index in [-0.39, 0.29) is 18.1 Å². The van der Waals surface area contributed by atoms with E-state index in [1.54, 1.807) is 19.1 Å². The smallest absolute Gasteiger partial charge is 0.175 e. The Kier molecular flexibility index (Phi) is 4.13. The fourth-order valence-electron chi connectivity index (χ4n) is 1.26. The second-order valence-corrected chi connectivity index (χ2v) is 6.31. The SMILES string of the molecule is CC(CO)(CO)Nc1ccc(S(C)(=O)=O)cc1. The van der Waals surface area contributed by atoms with Crippen molar-refractivity contribution in [3.05, 3.63) is 24.3 Å². The Hall–Kier alpha value is -1.11. The van der Waals surface area contributed by atoms with Crippen LogP contribution in [0.4, 0.5) is 5.69 Å². The second kappa shape index (κ2) is 5.03. The minimum Gasteiger partial charge on any atom is -0.394 e. The van der Waals surface area contributed by atoms with Crippen LogP contribution in [0.1, 0.15) is 6.92 Å². The fraction of sp³-hybridized carbons (Fsp3) is 0.455. The van der Waals surface area contributed by atoms with Crippen molar-refractivity contribution in [2.75, 3.05) is 24.8 Å². The van der Waals surface area contributed by atoms with E-state index >= 15 is 0 Å². The average Bonchev–Trinajstić information content (AvgIpc) is 2.28. The molecule has 0 bridgehead atoms. The standard InChI is InChI=1S/C11H17NO4S/c1-11(7-13,8-14)12-9-3-5-10(6-4-9)17(2,15)16/h3-6,12-14H,7-8H2,1-2H3. The molecule has 1 aromatic rings. The van der Waals surface area contributed by atoms with Crippen LogP contribution in [0.25, 0.3) is 0 Å². The molecule has 96 valence electrons. The normalized spacial score (nSPS) is 12.5. The summed E-state index contributed by atoms with van der Waals surface area (Å²) in [6, 6.07) is 6.15. The number of nitrogens with one attached hydrogen (secondary N) is 1. The summed E-state index contributed by atoms with van der Waals surface area (Å²) in [5, 5.41) is 21.2. The predicted octanol–water partition coefficient (Wildman–Crippen LogP) is 0.245. The molecular formula is C11H17NO4S. The van der Waals surface area contributed by atoms with Gasteiger partial charge in [0.15, 0.2) is 9.84 Å². The highest BCUT2D eigenvalue weighted by atomic mass is 32.2. The minimum absolute atomic E-state index is 0.225. The van der Waals surface area contributed by atoms with Gasteiger partial charge in [0.1, 0.15) is 0 Å². The summed E-state index contributed by atoms with van der Waals surface area (Å²) in [6.45, 7) is 1.21. The van der Waals surface area contributed by atoms with E-state index in [4.69, 9.17) is 10.2 Å². The van der Waals surface area contributed by atoms with Crippen molar-refractivity contribution in [1.29, 1.82) is 0 Å². The zero-order chi connectivity index (χ0) is 13.1. The molecule has 0 fully saturated rings. The highest BCUT2D eigenvalue weighted by Gasteiger charge is 2.21. The van der Waals surface area contributed by atoms with Crippen molar-refractivity contribution in [2.24, 2.45) is 0 Å². The Labute approximate surface area is 101 Å². The molecule has 0 unspecified atom stereocenters.